The first kappa shape index (κ1) is 15.0. The molecule has 0 radical (unpaired) electrons. The highest BCUT2D eigenvalue weighted by Gasteiger charge is 2.08. The highest BCUT2D eigenvalue weighted by atomic mass is 79.9. The summed E-state index contributed by atoms with van der Waals surface area (Å²) in [7, 11) is 0. The lowest BCUT2D eigenvalue weighted by atomic mass is 10.2. The van der Waals surface area contributed by atoms with E-state index in [0.717, 1.165) is 15.6 Å². The van der Waals surface area contributed by atoms with Crippen molar-refractivity contribution in [1.82, 2.24) is 5.32 Å². The third-order valence-corrected chi connectivity index (χ3v) is 4.14. The zero-order chi connectivity index (χ0) is 14.4. The van der Waals surface area contributed by atoms with Crippen LogP contribution in [0, 0.1) is 0 Å². The van der Waals surface area contributed by atoms with Crippen molar-refractivity contribution in [2.45, 2.75) is 6.10 Å². The molecule has 0 aliphatic carbocycles. The molecule has 2 rings (SSSR count). The Balaban J connectivity index is 1.85. The molecule has 0 aliphatic rings. The molecule has 0 bridgehead atoms. The second kappa shape index (κ2) is 7.38. The van der Waals surface area contributed by atoms with Gasteiger partial charge in [0, 0.05) is 17.1 Å². The molecule has 2 N–H and O–H groups in total. The van der Waals surface area contributed by atoms with Crippen LogP contribution in [0.4, 0.5) is 0 Å². The number of thiophene rings is 1. The summed E-state index contributed by atoms with van der Waals surface area (Å²) in [5.74, 6) is -0.227. The minimum Gasteiger partial charge on any atom is -0.387 e. The quantitative estimate of drug-likeness (QED) is 0.811. The Morgan fingerprint density at radius 2 is 2.20 bits per heavy atom. The van der Waals surface area contributed by atoms with Crippen LogP contribution in [0.1, 0.15) is 17.2 Å². The van der Waals surface area contributed by atoms with Gasteiger partial charge in [-0.3, -0.25) is 4.79 Å². The van der Waals surface area contributed by atoms with Gasteiger partial charge in [-0.2, -0.15) is 11.3 Å². The van der Waals surface area contributed by atoms with Crippen LogP contribution < -0.4 is 5.32 Å². The molecule has 0 saturated heterocycles. The Bertz CT molecular complexity index is 596. The van der Waals surface area contributed by atoms with Crippen molar-refractivity contribution >= 4 is 39.2 Å². The van der Waals surface area contributed by atoms with Crippen LogP contribution in [-0.2, 0) is 4.79 Å². The van der Waals surface area contributed by atoms with Crippen molar-refractivity contribution in [2.75, 3.05) is 6.54 Å². The summed E-state index contributed by atoms with van der Waals surface area (Å²) in [4.78, 5) is 11.7. The summed E-state index contributed by atoms with van der Waals surface area (Å²) in [6, 6.07) is 9.49. The third-order valence-electron chi connectivity index (χ3n) is 2.72. The number of nitrogens with one attached hydrogen (secondary N) is 1. The molecule has 1 aromatic carbocycles. The van der Waals surface area contributed by atoms with Crippen molar-refractivity contribution < 1.29 is 9.90 Å². The van der Waals surface area contributed by atoms with Gasteiger partial charge in [0.25, 0.3) is 0 Å². The lowest BCUT2D eigenvalue weighted by Gasteiger charge is -2.08. The number of carbonyl (C=O) groups is 1. The van der Waals surface area contributed by atoms with E-state index in [0.29, 0.717) is 0 Å². The van der Waals surface area contributed by atoms with E-state index in [9.17, 15) is 9.90 Å². The van der Waals surface area contributed by atoms with Gasteiger partial charge < -0.3 is 10.4 Å². The minimum absolute atomic E-state index is 0.204. The van der Waals surface area contributed by atoms with Crippen LogP contribution in [0.5, 0.6) is 0 Å². The summed E-state index contributed by atoms with van der Waals surface area (Å²) in [5, 5.41) is 16.3. The van der Waals surface area contributed by atoms with Crippen molar-refractivity contribution in [3.63, 3.8) is 0 Å². The first-order valence-corrected chi connectivity index (χ1v) is 7.81. The minimum atomic E-state index is -0.665. The average molecular weight is 352 g/mol. The summed E-state index contributed by atoms with van der Waals surface area (Å²) >= 11 is 4.93. The summed E-state index contributed by atoms with van der Waals surface area (Å²) < 4.78 is 0.933. The normalized spacial score (nSPS) is 12.5. The molecule has 5 heteroatoms. The number of aliphatic hydroxyl groups is 1. The standard InChI is InChI=1S/C15H14BrNO2S/c16-13-4-2-1-3-11(13)5-6-15(19)17-9-14(18)12-7-8-20-10-12/h1-8,10,14,18H,9H2,(H,17,19)/b6-5+. The van der Waals surface area contributed by atoms with Crippen molar-refractivity contribution in [3.05, 3.63) is 62.8 Å². The van der Waals surface area contributed by atoms with E-state index in [4.69, 9.17) is 0 Å². The van der Waals surface area contributed by atoms with Crippen LogP contribution in [0.2, 0.25) is 0 Å². The van der Waals surface area contributed by atoms with Crippen LogP contribution >= 0.6 is 27.3 Å². The molecule has 0 aliphatic heterocycles. The molecule has 0 saturated carbocycles. The smallest absolute Gasteiger partial charge is 0.244 e. The molecule has 0 fully saturated rings. The highest BCUT2D eigenvalue weighted by molar-refractivity contribution is 9.10. The first-order chi connectivity index (χ1) is 9.66. The van der Waals surface area contributed by atoms with E-state index in [-0.39, 0.29) is 12.5 Å². The van der Waals surface area contributed by atoms with Gasteiger partial charge in [0.15, 0.2) is 0 Å². The van der Waals surface area contributed by atoms with E-state index in [2.05, 4.69) is 21.2 Å². The predicted molar refractivity (Wildman–Crippen MR) is 85.5 cm³/mol. The largest absolute Gasteiger partial charge is 0.387 e. The molecule has 104 valence electrons. The first-order valence-electron chi connectivity index (χ1n) is 6.07. The van der Waals surface area contributed by atoms with Gasteiger partial charge in [-0.05, 0) is 40.1 Å². The summed E-state index contributed by atoms with van der Waals surface area (Å²) in [6.07, 6.45) is 2.53. The number of amides is 1. The number of benzene rings is 1. The van der Waals surface area contributed by atoms with Crippen molar-refractivity contribution in [2.24, 2.45) is 0 Å². The fourth-order valence-corrected chi connectivity index (χ4v) is 2.74. The predicted octanol–water partition coefficient (Wildman–Crippen LogP) is 3.37. The maximum absolute atomic E-state index is 11.7. The third kappa shape index (κ3) is 4.30. The Hall–Kier alpha value is -1.43. The number of aliphatic hydroxyl groups excluding tert-OH is 1. The Morgan fingerprint density at radius 3 is 2.90 bits per heavy atom. The second-order valence-electron chi connectivity index (χ2n) is 4.17. The second-order valence-corrected chi connectivity index (χ2v) is 5.81. The average Bonchev–Trinajstić information content (AvgIpc) is 2.98. The zero-order valence-electron chi connectivity index (χ0n) is 10.6. The van der Waals surface area contributed by atoms with Crippen molar-refractivity contribution in [3.8, 4) is 0 Å². The number of carbonyl (C=O) groups excluding carboxylic acids is 1. The van der Waals surface area contributed by atoms with Crippen LogP contribution in [-0.4, -0.2) is 17.6 Å². The van der Waals surface area contributed by atoms with E-state index >= 15 is 0 Å². The molecule has 20 heavy (non-hydrogen) atoms. The van der Waals surface area contributed by atoms with Gasteiger partial charge in [0.2, 0.25) is 5.91 Å². The Labute approximate surface area is 130 Å². The van der Waals surface area contributed by atoms with E-state index in [1.165, 1.54) is 17.4 Å². The summed E-state index contributed by atoms with van der Waals surface area (Å²) in [6.45, 7) is 0.204. The van der Waals surface area contributed by atoms with Crippen LogP contribution in [0.3, 0.4) is 0 Å². The number of hydrogen-bond donors (Lipinski definition) is 2. The maximum Gasteiger partial charge on any atom is 0.244 e. The van der Waals surface area contributed by atoms with Crippen LogP contribution in [0.15, 0.2) is 51.6 Å². The SMILES string of the molecule is O=C(/C=C/c1ccccc1Br)NCC(O)c1ccsc1. The summed E-state index contributed by atoms with van der Waals surface area (Å²) in [5.41, 5.74) is 1.76. The molecule has 1 heterocycles. The fraction of sp³-hybridized carbons (Fsp3) is 0.133. The van der Waals surface area contributed by atoms with Gasteiger partial charge in [-0.15, -0.1) is 0 Å². The van der Waals surface area contributed by atoms with Crippen molar-refractivity contribution in [1.29, 1.82) is 0 Å². The topological polar surface area (TPSA) is 49.3 Å². The molecule has 1 amide bonds. The van der Waals surface area contributed by atoms with Gasteiger partial charge in [-0.1, -0.05) is 34.1 Å². The zero-order valence-corrected chi connectivity index (χ0v) is 13.0. The van der Waals surface area contributed by atoms with Gasteiger partial charge in [-0.25, -0.2) is 0 Å². The lowest BCUT2D eigenvalue weighted by Crippen LogP contribution is -2.26. The fourth-order valence-electron chi connectivity index (χ4n) is 1.61. The molecular formula is C15H14BrNO2S. The molecule has 3 nitrogen and oxygen atoms in total. The molecule has 1 unspecified atom stereocenters. The maximum atomic E-state index is 11.7. The van der Waals surface area contributed by atoms with E-state index in [1.807, 2.05) is 41.1 Å². The molecule has 2 aromatic rings. The number of rotatable bonds is 5. The highest BCUT2D eigenvalue weighted by Crippen LogP contribution is 2.17. The van der Waals surface area contributed by atoms with E-state index in [1.54, 1.807) is 6.08 Å². The van der Waals surface area contributed by atoms with E-state index < -0.39 is 6.10 Å². The number of hydrogen-bond acceptors (Lipinski definition) is 3. The lowest BCUT2D eigenvalue weighted by molar-refractivity contribution is -0.116. The molecular weight excluding hydrogens is 338 g/mol. The Kier molecular flexibility index (Phi) is 5.52. The molecule has 1 atom stereocenters. The number of halogens is 1. The molecule has 0 spiro atoms. The van der Waals surface area contributed by atoms with Crippen LogP contribution in [0.25, 0.3) is 6.08 Å². The van der Waals surface area contributed by atoms with Gasteiger partial charge in [0.1, 0.15) is 0 Å². The monoisotopic (exact) mass is 351 g/mol. The van der Waals surface area contributed by atoms with Gasteiger partial charge >= 0.3 is 0 Å². The van der Waals surface area contributed by atoms with Gasteiger partial charge in [0.05, 0.1) is 6.10 Å². The Morgan fingerprint density at radius 1 is 1.40 bits per heavy atom. The molecule has 1 aromatic heterocycles.